The van der Waals surface area contributed by atoms with Crippen LogP contribution in [0.2, 0.25) is 0 Å². The van der Waals surface area contributed by atoms with E-state index in [0.29, 0.717) is 0 Å². The Morgan fingerprint density at radius 2 is 0.925 bits per heavy atom. The van der Waals surface area contributed by atoms with E-state index >= 15 is 0 Å². The van der Waals surface area contributed by atoms with Crippen molar-refractivity contribution in [2.75, 3.05) is 0 Å². The molecule has 0 unspecified atom stereocenters. The van der Waals surface area contributed by atoms with Gasteiger partial charge in [-0.15, -0.1) is 0 Å². The first-order valence-electron chi connectivity index (χ1n) is 11.2. The fourth-order valence-corrected chi connectivity index (χ4v) is 5.97. The predicted octanol–water partition coefficient (Wildman–Crippen LogP) is 7.04. The van der Waals surface area contributed by atoms with Crippen molar-refractivity contribution in [2.45, 2.75) is 49.5 Å². The Bertz CT molecular complexity index is 1320. The van der Waals surface area contributed by atoms with Gasteiger partial charge in [-0.05, 0) is 34.8 Å². The van der Waals surface area contributed by atoms with E-state index in [4.69, 9.17) is 4.55 Å². The topological polar surface area (TPSA) is 54.4 Å². The molecule has 0 aliphatic heterocycles. The van der Waals surface area contributed by atoms with Gasteiger partial charge in [-0.1, -0.05) is 106 Å². The summed E-state index contributed by atoms with van der Waals surface area (Å²) >= 11 is 0. The molecule has 0 saturated heterocycles. The molecule has 0 aliphatic carbocycles. The molecule has 0 aromatic heterocycles. The van der Waals surface area contributed by atoms with Crippen LogP contribution in [0, 0.1) is 0 Å². The normalized spacial score (nSPS) is 13.6. The van der Waals surface area contributed by atoms with E-state index in [1.165, 1.54) is 21.5 Å². The molecule has 0 fully saturated rings. The van der Waals surface area contributed by atoms with Gasteiger partial charge in [0.05, 0.1) is 0 Å². The number of alkyl halides is 9. The highest BCUT2D eigenvalue weighted by Crippen LogP contribution is 2.54. The van der Waals surface area contributed by atoms with Crippen molar-refractivity contribution >= 4 is 34.0 Å². The Balaban J connectivity index is 0.000000296. The summed E-state index contributed by atoms with van der Waals surface area (Å²) in [6, 6.07) is 30.9. The fourth-order valence-electron chi connectivity index (χ4n) is 3.23. The van der Waals surface area contributed by atoms with Crippen molar-refractivity contribution in [3.05, 3.63) is 90.5 Å². The van der Waals surface area contributed by atoms with Crippen molar-refractivity contribution < 1.29 is 52.5 Å². The molecule has 3 nitrogen and oxygen atoms in total. The highest BCUT2D eigenvalue weighted by atomic mass is 32.2. The molecule has 3 aromatic rings. The molecule has 0 spiro atoms. The van der Waals surface area contributed by atoms with Crippen LogP contribution in [0.1, 0.15) is 26.3 Å². The molecule has 3 aromatic carbocycles. The monoisotopic (exact) mass is 618 g/mol. The molecule has 0 amide bonds. The lowest BCUT2D eigenvalue weighted by molar-refractivity contribution is -0.382. The first-order chi connectivity index (χ1) is 18.1. The van der Waals surface area contributed by atoms with Gasteiger partial charge in [-0.25, -0.2) is 0 Å². The second-order valence-electron chi connectivity index (χ2n) is 9.44. The molecule has 3 rings (SSSR count). The molecule has 1 N–H and O–H groups in total. The minimum absolute atomic E-state index is 0.195. The quantitative estimate of drug-likeness (QED) is 0.183. The Kier molecular flexibility index (Phi) is 9.82. The van der Waals surface area contributed by atoms with Gasteiger partial charge < -0.3 is 0 Å². The maximum Gasteiger partial charge on any atom is 0.460 e. The first-order valence-corrected chi connectivity index (χ1v) is 14.0. The lowest BCUT2D eigenvalue weighted by Gasteiger charge is -2.31. The molecule has 0 radical (unpaired) electrons. The van der Waals surface area contributed by atoms with Crippen molar-refractivity contribution in [3.63, 3.8) is 0 Å². The third-order valence-corrected chi connectivity index (χ3v) is 8.81. The first kappa shape index (κ1) is 33.6. The van der Waals surface area contributed by atoms with Crippen LogP contribution in [0.25, 0.3) is 0 Å². The van der Waals surface area contributed by atoms with Gasteiger partial charge in [-0.2, -0.15) is 47.9 Å². The fraction of sp³-hybridized carbons (Fsp3) is 0.308. The van der Waals surface area contributed by atoms with E-state index < -0.39 is 41.3 Å². The van der Waals surface area contributed by atoms with E-state index in [9.17, 15) is 47.9 Å². The number of rotatable bonds is 6. The zero-order chi connectivity index (χ0) is 30.8. The molecule has 0 atom stereocenters. The highest BCUT2D eigenvalue weighted by molar-refractivity contribution is 7.87. The van der Waals surface area contributed by atoms with Crippen molar-refractivity contribution in [2.24, 2.45) is 0 Å². The van der Waals surface area contributed by atoms with E-state index in [-0.39, 0.29) is 5.41 Å². The molecule has 0 saturated carbocycles. The van der Waals surface area contributed by atoms with E-state index in [2.05, 4.69) is 106 Å². The number of hydrogen-bond donors (Lipinski definition) is 1. The van der Waals surface area contributed by atoms with Crippen molar-refractivity contribution in [1.29, 1.82) is 0 Å². The Labute approximate surface area is 226 Å². The minimum atomic E-state index is -7.37. The number of benzene rings is 3. The van der Waals surface area contributed by atoms with Crippen LogP contribution in [0.3, 0.4) is 0 Å². The summed E-state index contributed by atoms with van der Waals surface area (Å²) in [4.78, 5) is 0. The number of hydrogen-bond acceptors (Lipinski definition) is 2. The SMILES string of the molecule is CC(C)(C)c1ccc(P(c2ccccc2)c2ccccc2)cc1.O=S(=O)(O)C(F)(F)C(F)(F)C(F)(F)C(F)(F)F. The van der Waals surface area contributed by atoms with Gasteiger partial charge in [0.1, 0.15) is 0 Å². The summed E-state index contributed by atoms with van der Waals surface area (Å²) in [6.45, 7) is 6.79. The Morgan fingerprint density at radius 1 is 0.575 bits per heavy atom. The molecule has 220 valence electrons. The largest absolute Gasteiger partial charge is 0.460 e. The van der Waals surface area contributed by atoms with Gasteiger partial charge in [0, 0.05) is 0 Å². The number of halogens is 9. The van der Waals surface area contributed by atoms with Crippen LogP contribution in [0.5, 0.6) is 0 Å². The van der Waals surface area contributed by atoms with E-state index in [1.807, 2.05) is 0 Å². The lowest BCUT2D eigenvalue weighted by atomic mass is 9.87. The molecular formula is C26H24F9O3PS. The summed E-state index contributed by atoms with van der Waals surface area (Å²) in [6.07, 6.45) is -7.13. The van der Waals surface area contributed by atoms with Crippen LogP contribution >= 0.6 is 7.92 Å². The highest BCUT2D eigenvalue weighted by Gasteiger charge is 2.85. The van der Waals surface area contributed by atoms with Crippen molar-refractivity contribution in [1.82, 2.24) is 0 Å². The third-order valence-electron chi connectivity index (χ3n) is 5.46. The summed E-state index contributed by atoms with van der Waals surface area (Å²) < 4.78 is 134. The predicted molar refractivity (Wildman–Crippen MR) is 136 cm³/mol. The summed E-state index contributed by atoms with van der Waals surface area (Å²) in [5, 5.41) is -2.79. The molecule has 0 bridgehead atoms. The molecular weight excluding hydrogens is 594 g/mol. The zero-order valence-electron chi connectivity index (χ0n) is 21.1. The van der Waals surface area contributed by atoms with Gasteiger partial charge in [0.15, 0.2) is 0 Å². The Hall–Kier alpha value is -2.63. The molecule has 0 heterocycles. The average Bonchev–Trinajstić information content (AvgIpc) is 2.84. The van der Waals surface area contributed by atoms with E-state index in [0.717, 1.165) is 0 Å². The van der Waals surface area contributed by atoms with Crippen LogP contribution < -0.4 is 15.9 Å². The van der Waals surface area contributed by atoms with Gasteiger partial charge in [0.2, 0.25) is 0 Å². The van der Waals surface area contributed by atoms with Gasteiger partial charge in [0.25, 0.3) is 0 Å². The molecule has 0 aliphatic rings. The second kappa shape index (κ2) is 11.7. The summed E-state index contributed by atoms with van der Waals surface area (Å²) in [5.41, 5.74) is 1.58. The van der Waals surface area contributed by atoms with Crippen molar-refractivity contribution in [3.8, 4) is 0 Å². The molecule has 40 heavy (non-hydrogen) atoms. The van der Waals surface area contributed by atoms with Gasteiger partial charge >= 0.3 is 33.4 Å². The smallest absolute Gasteiger partial charge is 0.281 e. The van der Waals surface area contributed by atoms with Gasteiger partial charge in [-0.3, -0.25) is 4.55 Å². The van der Waals surface area contributed by atoms with Crippen LogP contribution in [0.15, 0.2) is 84.9 Å². The van der Waals surface area contributed by atoms with Crippen LogP contribution in [-0.4, -0.2) is 36.2 Å². The zero-order valence-corrected chi connectivity index (χ0v) is 22.8. The second-order valence-corrected chi connectivity index (χ2v) is 13.1. The summed E-state index contributed by atoms with van der Waals surface area (Å²) in [7, 11) is -7.66. The van der Waals surface area contributed by atoms with E-state index in [1.54, 1.807) is 0 Å². The maximum absolute atomic E-state index is 12.2. The van der Waals surface area contributed by atoms with Crippen LogP contribution in [0.4, 0.5) is 39.5 Å². The third kappa shape index (κ3) is 6.98. The lowest BCUT2D eigenvalue weighted by Crippen LogP contribution is -2.63. The molecule has 14 heteroatoms. The summed E-state index contributed by atoms with van der Waals surface area (Å²) in [5.74, 6) is -14.7. The minimum Gasteiger partial charge on any atom is -0.281 e. The maximum atomic E-state index is 12.2. The Morgan fingerprint density at radius 3 is 1.23 bits per heavy atom. The standard InChI is InChI=1S/C22H23P.C4HF9O3S/c1-22(2,3)18-14-16-21(17-15-18)23(19-10-6-4-7-11-19)20-12-8-5-9-13-20;5-1(6,3(9,10)11)2(7,8)4(12,13)17(14,15)16/h4-17H,1-3H3;(H,14,15,16). The average molecular weight is 618 g/mol. The van der Waals surface area contributed by atoms with Crippen LogP contribution in [-0.2, 0) is 15.5 Å².